The smallest absolute Gasteiger partial charge is 0.416 e. The second-order valence-electron chi connectivity index (χ2n) is 8.36. The Morgan fingerprint density at radius 2 is 1.50 bits per heavy atom. The molecule has 1 amide bonds. The standard InChI is InChI=1S/C28H18F3N3O4/c29-28(30,31)18-12-14-19(15-13-18)34-23-7-2-1-4-21(23)24(26(34)36)33-32-22-6-3-5-20(25(22)35)16-8-10-17(11-9-16)27(37)38/h1-15,32,35H,(H,37,38)/b33-24-. The van der Waals surface area contributed by atoms with Crippen LogP contribution in [0.5, 0.6) is 5.75 Å². The molecule has 1 heterocycles. The van der Waals surface area contributed by atoms with Crippen molar-refractivity contribution in [2.45, 2.75) is 6.18 Å². The summed E-state index contributed by atoms with van der Waals surface area (Å²) in [6, 6.07) is 21.8. The van der Waals surface area contributed by atoms with E-state index in [4.69, 9.17) is 5.11 Å². The van der Waals surface area contributed by atoms with Crippen molar-refractivity contribution in [2.24, 2.45) is 5.10 Å². The third-order valence-corrected chi connectivity index (χ3v) is 6.03. The average Bonchev–Trinajstić information content (AvgIpc) is 3.18. The van der Waals surface area contributed by atoms with Crippen molar-refractivity contribution in [3.63, 3.8) is 0 Å². The molecule has 3 N–H and O–H groups in total. The van der Waals surface area contributed by atoms with E-state index in [1.54, 1.807) is 54.6 Å². The van der Waals surface area contributed by atoms with Crippen LogP contribution in [0.1, 0.15) is 21.5 Å². The fourth-order valence-electron chi connectivity index (χ4n) is 4.14. The van der Waals surface area contributed by atoms with E-state index in [9.17, 15) is 27.9 Å². The second-order valence-corrected chi connectivity index (χ2v) is 8.36. The zero-order chi connectivity index (χ0) is 27.0. The number of alkyl halides is 3. The maximum absolute atomic E-state index is 13.3. The number of aromatic hydroxyl groups is 1. The lowest BCUT2D eigenvalue weighted by Gasteiger charge is -2.17. The van der Waals surface area contributed by atoms with Crippen molar-refractivity contribution in [1.29, 1.82) is 0 Å². The number of carbonyl (C=O) groups is 2. The molecular weight excluding hydrogens is 499 g/mol. The highest BCUT2D eigenvalue weighted by atomic mass is 19.4. The summed E-state index contributed by atoms with van der Waals surface area (Å²) in [6.45, 7) is 0. The summed E-state index contributed by atoms with van der Waals surface area (Å²) in [4.78, 5) is 25.7. The zero-order valence-corrected chi connectivity index (χ0v) is 19.4. The molecule has 0 atom stereocenters. The van der Waals surface area contributed by atoms with E-state index in [1.807, 2.05) is 0 Å². The largest absolute Gasteiger partial charge is 0.505 e. The molecule has 0 saturated carbocycles. The van der Waals surface area contributed by atoms with E-state index < -0.39 is 23.6 Å². The Labute approximate surface area is 214 Å². The second kappa shape index (κ2) is 9.40. The predicted molar refractivity (Wildman–Crippen MR) is 136 cm³/mol. The van der Waals surface area contributed by atoms with E-state index in [0.717, 1.165) is 12.1 Å². The number of para-hydroxylation sites is 2. The molecule has 0 spiro atoms. The van der Waals surface area contributed by atoms with Gasteiger partial charge >= 0.3 is 12.1 Å². The first-order valence-corrected chi connectivity index (χ1v) is 11.3. The Bertz CT molecular complexity index is 1580. The van der Waals surface area contributed by atoms with Crippen LogP contribution < -0.4 is 10.3 Å². The third kappa shape index (κ3) is 4.43. The summed E-state index contributed by atoms with van der Waals surface area (Å²) in [7, 11) is 0. The molecule has 1 aliphatic rings. The molecule has 0 saturated heterocycles. The molecular formula is C28H18F3N3O4. The Kier molecular flexibility index (Phi) is 6.08. The van der Waals surface area contributed by atoms with Crippen LogP contribution in [-0.4, -0.2) is 27.8 Å². The van der Waals surface area contributed by atoms with E-state index >= 15 is 0 Å². The van der Waals surface area contributed by atoms with E-state index in [1.165, 1.54) is 29.2 Å². The summed E-state index contributed by atoms with van der Waals surface area (Å²) in [5.41, 5.74) is 4.33. The Morgan fingerprint density at radius 3 is 2.16 bits per heavy atom. The van der Waals surface area contributed by atoms with Gasteiger partial charge in [0, 0.05) is 16.8 Å². The van der Waals surface area contributed by atoms with Crippen molar-refractivity contribution >= 4 is 34.7 Å². The van der Waals surface area contributed by atoms with Crippen molar-refractivity contribution < 1.29 is 33.0 Å². The van der Waals surface area contributed by atoms with Gasteiger partial charge in [0.25, 0.3) is 5.91 Å². The first-order chi connectivity index (χ1) is 18.1. The molecule has 0 unspecified atom stereocenters. The molecule has 0 fully saturated rings. The van der Waals surface area contributed by atoms with E-state index in [-0.39, 0.29) is 28.4 Å². The molecule has 0 aromatic heterocycles. The van der Waals surface area contributed by atoms with Gasteiger partial charge in [-0.25, -0.2) is 4.79 Å². The van der Waals surface area contributed by atoms with Gasteiger partial charge in [-0.2, -0.15) is 18.3 Å². The van der Waals surface area contributed by atoms with Gasteiger partial charge in [0.15, 0.2) is 5.71 Å². The summed E-state index contributed by atoms with van der Waals surface area (Å²) in [5, 5.41) is 24.2. The lowest BCUT2D eigenvalue weighted by molar-refractivity contribution is -0.137. The number of carboxylic acids is 1. The molecule has 0 radical (unpaired) electrons. The zero-order valence-electron chi connectivity index (χ0n) is 19.4. The van der Waals surface area contributed by atoms with Gasteiger partial charge in [-0.3, -0.25) is 15.1 Å². The van der Waals surface area contributed by atoms with Gasteiger partial charge in [-0.15, -0.1) is 0 Å². The number of carbonyl (C=O) groups excluding carboxylic acids is 1. The van der Waals surface area contributed by atoms with Crippen LogP contribution >= 0.6 is 0 Å². The number of fused-ring (bicyclic) bond motifs is 1. The van der Waals surface area contributed by atoms with Crippen LogP contribution in [0.15, 0.2) is 96.1 Å². The van der Waals surface area contributed by atoms with Gasteiger partial charge < -0.3 is 10.2 Å². The van der Waals surface area contributed by atoms with Crippen LogP contribution in [0.3, 0.4) is 0 Å². The van der Waals surface area contributed by atoms with Gasteiger partial charge in [0.1, 0.15) is 5.75 Å². The van der Waals surface area contributed by atoms with Crippen LogP contribution in [0, 0.1) is 0 Å². The average molecular weight is 517 g/mol. The number of nitrogens with zero attached hydrogens (tertiary/aromatic N) is 2. The number of halogens is 3. The summed E-state index contributed by atoms with van der Waals surface area (Å²) >= 11 is 0. The maximum Gasteiger partial charge on any atom is 0.416 e. The number of hydrogen-bond donors (Lipinski definition) is 3. The number of aromatic carboxylic acids is 1. The molecule has 10 heteroatoms. The van der Waals surface area contributed by atoms with Crippen LogP contribution in [0.2, 0.25) is 0 Å². The van der Waals surface area contributed by atoms with Gasteiger partial charge in [0.2, 0.25) is 0 Å². The molecule has 4 aromatic rings. The number of hydrogen-bond acceptors (Lipinski definition) is 5. The number of amides is 1. The summed E-state index contributed by atoms with van der Waals surface area (Å²) in [6.07, 6.45) is -4.50. The molecule has 38 heavy (non-hydrogen) atoms. The molecule has 0 bridgehead atoms. The Balaban J connectivity index is 1.46. The quantitative estimate of drug-likeness (QED) is 0.214. The fraction of sp³-hybridized carbons (Fsp3) is 0.0357. The van der Waals surface area contributed by atoms with Crippen LogP contribution in [0.25, 0.3) is 11.1 Å². The molecule has 190 valence electrons. The van der Waals surface area contributed by atoms with Crippen molar-refractivity contribution in [3.05, 3.63) is 108 Å². The first kappa shape index (κ1) is 24.6. The number of phenols is 1. The lowest BCUT2D eigenvalue weighted by atomic mass is 10.0. The minimum Gasteiger partial charge on any atom is -0.505 e. The van der Waals surface area contributed by atoms with Crippen LogP contribution in [-0.2, 0) is 11.0 Å². The Hall–Kier alpha value is -5.12. The Morgan fingerprint density at radius 1 is 0.842 bits per heavy atom. The normalized spacial score (nSPS) is 14.0. The minimum absolute atomic E-state index is 0.0103. The molecule has 4 aromatic carbocycles. The van der Waals surface area contributed by atoms with E-state index in [0.29, 0.717) is 22.4 Å². The molecule has 7 nitrogen and oxygen atoms in total. The van der Waals surface area contributed by atoms with Gasteiger partial charge in [0.05, 0.1) is 22.5 Å². The molecule has 5 rings (SSSR count). The van der Waals surface area contributed by atoms with Crippen molar-refractivity contribution in [2.75, 3.05) is 10.3 Å². The van der Waals surface area contributed by atoms with Crippen LogP contribution in [0.4, 0.5) is 30.2 Å². The molecule has 0 aliphatic carbocycles. The number of nitrogens with one attached hydrogen (secondary N) is 1. The highest BCUT2D eigenvalue weighted by molar-refractivity contribution is 6.55. The van der Waals surface area contributed by atoms with Crippen molar-refractivity contribution in [1.82, 2.24) is 0 Å². The monoisotopic (exact) mass is 517 g/mol. The summed E-state index contributed by atoms with van der Waals surface area (Å²) in [5.74, 6) is -1.80. The number of carboxylic acid groups (broad SMARTS) is 1. The lowest BCUT2D eigenvalue weighted by Crippen LogP contribution is -2.26. The number of hydrazone groups is 1. The number of benzene rings is 4. The first-order valence-electron chi connectivity index (χ1n) is 11.3. The van der Waals surface area contributed by atoms with Crippen molar-refractivity contribution in [3.8, 4) is 16.9 Å². The minimum atomic E-state index is -4.50. The summed E-state index contributed by atoms with van der Waals surface area (Å²) < 4.78 is 39.0. The molecule has 1 aliphatic heterocycles. The maximum atomic E-state index is 13.3. The highest BCUT2D eigenvalue weighted by Crippen LogP contribution is 2.39. The SMILES string of the molecule is O=C(O)c1ccc(-c2cccc(N/N=C3\C(=O)N(c4ccc(C(F)(F)F)cc4)c4ccccc43)c2O)cc1. The number of rotatable bonds is 5. The topological polar surface area (TPSA) is 102 Å². The van der Waals surface area contributed by atoms with Gasteiger partial charge in [-0.05, 0) is 54.1 Å². The van der Waals surface area contributed by atoms with Gasteiger partial charge in [-0.1, -0.05) is 42.5 Å². The number of anilines is 3. The predicted octanol–water partition coefficient (Wildman–Crippen LogP) is 6.27. The highest BCUT2D eigenvalue weighted by Gasteiger charge is 2.36. The fourth-order valence-corrected chi connectivity index (χ4v) is 4.14. The van der Waals surface area contributed by atoms with E-state index in [2.05, 4.69) is 10.5 Å². The third-order valence-electron chi connectivity index (χ3n) is 6.03. The number of phenolic OH excluding ortho intramolecular Hbond substituents is 1.